The second-order valence-corrected chi connectivity index (χ2v) is 5.71. The van der Waals surface area contributed by atoms with Gasteiger partial charge >= 0.3 is 11.8 Å². The van der Waals surface area contributed by atoms with Crippen molar-refractivity contribution in [1.82, 2.24) is 0 Å². The zero-order valence-corrected chi connectivity index (χ0v) is 12.8. The molecule has 130 valence electrons. The average molecular weight is 376 g/mol. The summed E-state index contributed by atoms with van der Waals surface area (Å²) in [4.78, 5) is 0. The number of alkyl halides is 4. The summed E-state index contributed by atoms with van der Waals surface area (Å²) < 4.78 is 73.4. The lowest BCUT2D eigenvalue weighted by Crippen LogP contribution is -2.36. The Hall–Kier alpha value is -2.37. The van der Waals surface area contributed by atoms with Crippen LogP contribution in [0.2, 0.25) is 5.02 Å². The number of fused-ring (bicyclic) bond motifs is 1. The van der Waals surface area contributed by atoms with Crippen LogP contribution in [0, 0.1) is 17.1 Å². The Kier molecular flexibility index (Phi) is 3.89. The molecule has 0 heterocycles. The molecule has 1 unspecified atom stereocenters. The molecule has 0 bridgehead atoms. The van der Waals surface area contributed by atoms with Crippen molar-refractivity contribution in [3.8, 4) is 17.6 Å². The number of aliphatic hydroxyl groups is 1. The van der Waals surface area contributed by atoms with Crippen LogP contribution in [0.25, 0.3) is 0 Å². The van der Waals surface area contributed by atoms with E-state index in [0.717, 1.165) is 24.3 Å². The number of rotatable bonds is 2. The second kappa shape index (κ2) is 5.58. The molecule has 3 nitrogen and oxygen atoms in total. The summed E-state index contributed by atoms with van der Waals surface area (Å²) in [5, 5.41) is 17.7. The fraction of sp³-hybridized carbons (Fsp3) is 0.188. The summed E-state index contributed by atoms with van der Waals surface area (Å²) in [7, 11) is 0. The Bertz CT molecular complexity index is 910. The Morgan fingerprint density at radius 2 is 1.84 bits per heavy atom. The van der Waals surface area contributed by atoms with E-state index in [-0.39, 0.29) is 17.1 Å². The van der Waals surface area contributed by atoms with E-state index in [1.165, 1.54) is 0 Å². The molecule has 9 heteroatoms. The van der Waals surface area contributed by atoms with E-state index in [1.54, 1.807) is 6.07 Å². The number of nitrogens with zero attached hydrogens (tertiary/aromatic N) is 1. The van der Waals surface area contributed by atoms with Gasteiger partial charge in [-0.3, -0.25) is 0 Å². The van der Waals surface area contributed by atoms with E-state index in [2.05, 4.69) is 0 Å². The van der Waals surface area contributed by atoms with Crippen LogP contribution in [0.4, 0.5) is 22.0 Å². The zero-order valence-electron chi connectivity index (χ0n) is 12.0. The van der Waals surface area contributed by atoms with Gasteiger partial charge in [0, 0.05) is 17.2 Å². The molecule has 1 N–H and O–H groups in total. The lowest BCUT2D eigenvalue weighted by molar-refractivity contribution is -0.246. The molecule has 0 saturated carbocycles. The molecule has 3 rings (SSSR count). The number of nitriles is 1. The molecule has 2 aromatic rings. The number of hydrogen-bond donors (Lipinski definition) is 1. The van der Waals surface area contributed by atoms with Crippen molar-refractivity contribution in [2.24, 2.45) is 0 Å². The van der Waals surface area contributed by atoms with Gasteiger partial charge in [-0.05, 0) is 24.3 Å². The SMILES string of the molecule is N#Cc1cc(F)cc(Oc2ccc3c(c2Cl)C(O)C(F)(F)C3(F)F)c1. The molecule has 1 aliphatic rings. The van der Waals surface area contributed by atoms with Gasteiger partial charge < -0.3 is 9.84 Å². The van der Waals surface area contributed by atoms with Gasteiger partial charge in [-0.15, -0.1) is 0 Å². The van der Waals surface area contributed by atoms with Crippen molar-refractivity contribution in [2.75, 3.05) is 0 Å². The molecule has 0 spiro atoms. The predicted octanol–water partition coefficient (Wildman–Crippen LogP) is 4.92. The molecular weight excluding hydrogens is 369 g/mol. The molecule has 0 fully saturated rings. The minimum atomic E-state index is -4.73. The first kappa shape index (κ1) is 17.5. The van der Waals surface area contributed by atoms with E-state index < -0.39 is 39.9 Å². The monoisotopic (exact) mass is 375 g/mol. The predicted molar refractivity (Wildman–Crippen MR) is 76.4 cm³/mol. The van der Waals surface area contributed by atoms with Crippen LogP contribution in [-0.2, 0) is 5.92 Å². The molecule has 0 radical (unpaired) electrons. The Balaban J connectivity index is 2.07. The molecule has 0 aromatic heterocycles. The van der Waals surface area contributed by atoms with Gasteiger partial charge in [0.25, 0.3) is 0 Å². The van der Waals surface area contributed by atoms with E-state index in [0.29, 0.717) is 6.07 Å². The van der Waals surface area contributed by atoms with Crippen LogP contribution in [0.3, 0.4) is 0 Å². The molecule has 0 saturated heterocycles. The van der Waals surface area contributed by atoms with Crippen molar-refractivity contribution >= 4 is 11.6 Å². The highest BCUT2D eigenvalue weighted by atomic mass is 35.5. The Morgan fingerprint density at radius 1 is 1.16 bits per heavy atom. The minimum absolute atomic E-state index is 0.0783. The third-order valence-electron chi connectivity index (χ3n) is 3.75. The fourth-order valence-corrected chi connectivity index (χ4v) is 2.85. The third kappa shape index (κ3) is 2.51. The summed E-state index contributed by atoms with van der Waals surface area (Å²) in [6, 6.07) is 6.22. The highest BCUT2D eigenvalue weighted by Gasteiger charge is 2.69. The highest BCUT2D eigenvalue weighted by molar-refractivity contribution is 6.33. The Labute approximate surface area is 142 Å². The average Bonchev–Trinajstić information content (AvgIpc) is 2.67. The second-order valence-electron chi connectivity index (χ2n) is 5.33. The van der Waals surface area contributed by atoms with Gasteiger partial charge in [-0.2, -0.15) is 22.8 Å². The maximum absolute atomic E-state index is 13.8. The number of halogens is 6. The molecule has 0 aliphatic heterocycles. The first-order valence-corrected chi connectivity index (χ1v) is 7.12. The van der Waals surface area contributed by atoms with Crippen molar-refractivity contribution in [3.05, 3.63) is 57.9 Å². The van der Waals surface area contributed by atoms with Crippen molar-refractivity contribution in [3.63, 3.8) is 0 Å². The largest absolute Gasteiger partial charge is 0.456 e. The normalized spacial score (nSPS) is 20.0. The van der Waals surface area contributed by atoms with Gasteiger partial charge in [0.2, 0.25) is 0 Å². The first-order valence-electron chi connectivity index (χ1n) is 6.74. The Morgan fingerprint density at radius 3 is 2.48 bits per heavy atom. The number of hydrogen-bond acceptors (Lipinski definition) is 3. The number of benzene rings is 2. The van der Waals surface area contributed by atoms with Gasteiger partial charge in [0.05, 0.1) is 16.7 Å². The zero-order chi connectivity index (χ0) is 18.6. The summed E-state index contributed by atoms with van der Waals surface area (Å²) in [6.07, 6.45) is -2.82. The molecule has 0 amide bonds. The summed E-state index contributed by atoms with van der Waals surface area (Å²) in [5.41, 5.74) is -2.05. The van der Waals surface area contributed by atoms with Gasteiger partial charge in [0.15, 0.2) is 6.10 Å². The lowest BCUT2D eigenvalue weighted by Gasteiger charge is -2.20. The van der Waals surface area contributed by atoms with Crippen molar-refractivity contribution < 1.29 is 31.8 Å². The smallest absolute Gasteiger partial charge is 0.343 e. The van der Waals surface area contributed by atoms with Crippen molar-refractivity contribution in [1.29, 1.82) is 5.26 Å². The maximum Gasteiger partial charge on any atom is 0.343 e. The lowest BCUT2D eigenvalue weighted by atomic mass is 10.1. The van der Waals surface area contributed by atoms with Gasteiger partial charge in [-0.25, -0.2) is 4.39 Å². The van der Waals surface area contributed by atoms with Crippen LogP contribution in [0.1, 0.15) is 22.8 Å². The topological polar surface area (TPSA) is 53.2 Å². The summed E-state index contributed by atoms with van der Waals surface area (Å²) in [5.74, 6) is -10.7. The third-order valence-corrected chi connectivity index (χ3v) is 4.14. The molecule has 25 heavy (non-hydrogen) atoms. The molecular formula is C16H7ClF5NO2. The van der Waals surface area contributed by atoms with E-state index >= 15 is 0 Å². The van der Waals surface area contributed by atoms with E-state index in [1.807, 2.05) is 0 Å². The summed E-state index contributed by atoms with van der Waals surface area (Å²) >= 11 is 5.86. The molecule has 2 aromatic carbocycles. The number of aliphatic hydroxyl groups excluding tert-OH is 1. The maximum atomic E-state index is 13.8. The first-order chi connectivity index (χ1) is 11.6. The minimum Gasteiger partial charge on any atom is -0.456 e. The standard InChI is InChI=1S/C16H7ClF5NO2/c17-13-11(25-9-4-7(6-23)3-8(18)5-9)2-1-10-12(13)14(24)16(21,22)15(10,19)20/h1-5,14,24H. The molecule has 1 atom stereocenters. The van der Waals surface area contributed by atoms with Gasteiger partial charge in [0.1, 0.15) is 17.3 Å². The van der Waals surface area contributed by atoms with Crippen LogP contribution >= 0.6 is 11.6 Å². The van der Waals surface area contributed by atoms with Crippen LogP contribution in [0.15, 0.2) is 30.3 Å². The van der Waals surface area contributed by atoms with Gasteiger partial charge in [-0.1, -0.05) is 11.6 Å². The quantitative estimate of drug-likeness (QED) is 0.758. The van der Waals surface area contributed by atoms with E-state index in [4.69, 9.17) is 21.6 Å². The highest BCUT2D eigenvalue weighted by Crippen LogP contribution is 2.60. The number of ether oxygens (including phenoxy) is 1. The van der Waals surface area contributed by atoms with Crippen LogP contribution in [0.5, 0.6) is 11.5 Å². The van der Waals surface area contributed by atoms with E-state index in [9.17, 15) is 27.1 Å². The van der Waals surface area contributed by atoms with Crippen LogP contribution in [-0.4, -0.2) is 11.0 Å². The summed E-state index contributed by atoms with van der Waals surface area (Å²) in [6.45, 7) is 0. The van der Waals surface area contributed by atoms with Crippen molar-refractivity contribution in [2.45, 2.75) is 17.9 Å². The van der Waals surface area contributed by atoms with Crippen LogP contribution < -0.4 is 4.74 Å². The fourth-order valence-electron chi connectivity index (χ4n) is 2.54. The molecule has 1 aliphatic carbocycles.